The van der Waals surface area contributed by atoms with Crippen LogP contribution in [0.2, 0.25) is 0 Å². The first-order valence-electron chi connectivity index (χ1n) is 4.82. The molecule has 0 saturated carbocycles. The predicted molar refractivity (Wildman–Crippen MR) is 56.2 cm³/mol. The molecule has 3 rings (SSSR count). The fraction of sp³-hybridized carbons (Fsp3) is 0.273. The summed E-state index contributed by atoms with van der Waals surface area (Å²) in [6.07, 6.45) is 1.18. The van der Waals surface area contributed by atoms with E-state index in [0.717, 1.165) is 13.1 Å². The Balaban J connectivity index is 2.12. The van der Waals surface area contributed by atoms with Gasteiger partial charge in [-0.2, -0.15) is 0 Å². The highest BCUT2D eigenvalue weighted by molar-refractivity contribution is 6.66. The maximum absolute atomic E-state index is 3.40. The second kappa shape index (κ2) is 2.74. The Morgan fingerprint density at radius 1 is 1.23 bits per heavy atom. The van der Waals surface area contributed by atoms with Crippen molar-refractivity contribution in [3.05, 3.63) is 35.3 Å². The van der Waals surface area contributed by atoms with E-state index in [-0.39, 0.29) is 0 Å². The Hall–Kier alpha value is -1.02. The summed E-state index contributed by atoms with van der Waals surface area (Å²) in [6, 6.07) is 8.68. The lowest BCUT2D eigenvalue weighted by molar-refractivity contribution is 0.732. The molecule has 0 unspecified atom stereocenters. The third kappa shape index (κ3) is 1.06. The Bertz CT molecular complexity index is 381. The average Bonchev–Trinajstić information content (AvgIpc) is 2.56. The van der Waals surface area contributed by atoms with Gasteiger partial charge in [0.05, 0.1) is 0 Å². The van der Waals surface area contributed by atoms with Crippen LogP contribution in [0.15, 0.2) is 29.7 Å². The molecular formula is C11H11BN. The van der Waals surface area contributed by atoms with Gasteiger partial charge in [0.1, 0.15) is 0 Å². The second-order valence-electron chi connectivity index (χ2n) is 3.66. The Morgan fingerprint density at radius 2 is 2.15 bits per heavy atom. The Morgan fingerprint density at radius 3 is 3.15 bits per heavy atom. The van der Waals surface area contributed by atoms with Gasteiger partial charge < -0.3 is 5.32 Å². The van der Waals surface area contributed by atoms with Gasteiger partial charge in [0.25, 0.3) is 0 Å². The summed E-state index contributed by atoms with van der Waals surface area (Å²) >= 11 is 0. The molecular weight excluding hydrogens is 157 g/mol. The molecule has 0 fully saturated rings. The van der Waals surface area contributed by atoms with E-state index in [1.165, 1.54) is 22.9 Å². The van der Waals surface area contributed by atoms with E-state index in [4.69, 9.17) is 0 Å². The van der Waals surface area contributed by atoms with Crippen LogP contribution in [-0.2, 0) is 0 Å². The molecule has 0 saturated heterocycles. The highest BCUT2D eigenvalue weighted by Crippen LogP contribution is 2.27. The molecule has 1 N–H and O–H groups in total. The van der Waals surface area contributed by atoms with Gasteiger partial charge in [-0.3, -0.25) is 0 Å². The van der Waals surface area contributed by atoms with Crippen LogP contribution in [0.5, 0.6) is 0 Å². The third-order valence-corrected chi connectivity index (χ3v) is 2.87. The quantitative estimate of drug-likeness (QED) is 0.563. The highest BCUT2D eigenvalue weighted by atomic mass is 14.9. The predicted octanol–water partition coefficient (Wildman–Crippen LogP) is 0.734. The molecule has 0 amide bonds. The monoisotopic (exact) mass is 168 g/mol. The van der Waals surface area contributed by atoms with Crippen molar-refractivity contribution < 1.29 is 0 Å². The molecule has 1 aromatic rings. The molecule has 1 aromatic carbocycles. The van der Waals surface area contributed by atoms with Gasteiger partial charge in [-0.15, -0.1) is 0 Å². The summed E-state index contributed by atoms with van der Waals surface area (Å²) in [4.78, 5) is 0. The number of nitrogens with one attached hydrogen (secondary N) is 1. The van der Waals surface area contributed by atoms with Crippen molar-refractivity contribution in [2.24, 2.45) is 0 Å². The van der Waals surface area contributed by atoms with Crippen molar-refractivity contribution in [1.82, 2.24) is 5.32 Å². The summed E-state index contributed by atoms with van der Waals surface area (Å²) in [5, 5.41) is 3.40. The van der Waals surface area contributed by atoms with E-state index in [1.807, 2.05) is 0 Å². The molecule has 63 valence electrons. The van der Waals surface area contributed by atoms with Crippen LogP contribution in [0, 0.1) is 0 Å². The SMILES string of the molecule is [B]1C2=C(CCNC2)c2ccccc21. The summed E-state index contributed by atoms with van der Waals surface area (Å²) in [5.74, 6) is 0. The normalized spacial score (nSPS) is 19.4. The smallest absolute Gasteiger partial charge is 0.188 e. The van der Waals surface area contributed by atoms with E-state index in [0.29, 0.717) is 0 Å². The lowest BCUT2D eigenvalue weighted by atomic mass is 9.66. The zero-order valence-corrected chi connectivity index (χ0v) is 7.51. The summed E-state index contributed by atoms with van der Waals surface area (Å²) < 4.78 is 0. The van der Waals surface area contributed by atoms with Crippen LogP contribution in [0.4, 0.5) is 0 Å². The molecule has 0 aliphatic carbocycles. The fourth-order valence-electron chi connectivity index (χ4n) is 2.23. The van der Waals surface area contributed by atoms with E-state index in [2.05, 4.69) is 36.9 Å². The van der Waals surface area contributed by atoms with Crippen molar-refractivity contribution in [2.45, 2.75) is 6.42 Å². The minimum absolute atomic E-state index is 1.05. The highest BCUT2D eigenvalue weighted by Gasteiger charge is 2.23. The molecule has 1 radical (unpaired) electrons. The number of hydrogen-bond donors (Lipinski definition) is 1. The van der Waals surface area contributed by atoms with E-state index in [1.54, 1.807) is 5.57 Å². The molecule has 2 aliphatic heterocycles. The number of hydrogen-bond acceptors (Lipinski definition) is 1. The molecule has 2 aliphatic rings. The van der Waals surface area contributed by atoms with Crippen LogP contribution in [0.25, 0.3) is 5.57 Å². The van der Waals surface area contributed by atoms with E-state index in [9.17, 15) is 0 Å². The van der Waals surface area contributed by atoms with Crippen LogP contribution >= 0.6 is 0 Å². The van der Waals surface area contributed by atoms with Crippen LogP contribution < -0.4 is 10.8 Å². The van der Waals surface area contributed by atoms with Gasteiger partial charge in [0, 0.05) is 6.54 Å². The van der Waals surface area contributed by atoms with Crippen molar-refractivity contribution in [3.63, 3.8) is 0 Å². The van der Waals surface area contributed by atoms with Crippen molar-refractivity contribution in [2.75, 3.05) is 13.1 Å². The molecule has 1 nitrogen and oxygen atoms in total. The van der Waals surface area contributed by atoms with Gasteiger partial charge in [-0.25, -0.2) is 0 Å². The summed E-state index contributed by atoms with van der Waals surface area (Å²) in [7, 11) is 2.32. The largest absolute Gasteiger partial charge is 0.313 e. The maximum atomic E-state index is 3.40. The summed E-state index contributed by atoms with van der Waals surface area (Å²) in [6.45, 7) is 2.17. The van der Waals surface area contributed by atoms with Crippen molar-refractivity contribution in [1.29, 1.82) is 0 Å². The van der Waals surface area contributed by atoms with Crippen LogP contribution in [-0.4, -0.2) is 20.4 Å². The summed E-state index contributed by atoms with van der Waals surface area (Å²) in [5.41, 5.74) is 5.91. The standard InChI is InChI=1S/C11H11BN/c1-2-4-10-8(3-1)9-5-6-13-7-11(9)12-10/h1-4,13H,5-7H2. The molecule has 0 bridgehead atoms. The lowest BCUT2D eigenvalue weighted by Gasteiger charge is -2.15. The van der Waals surface area contributed by atoms with Crippen molar-refractivity contribution in [3.8, 4) is 0 Å². The zero-order valence-electron chi connectivity index (χ0n) is 7.51. The first-order chi connectivity index (χ1) is 6.45. The second-order valence-corrected chi connectivity index (χ2v) is 3.66. The number of fused-ring (bicyclic) bond motifs is 2. The van der Waals surface area contributed by atoms with Crippen LogP contribution in [0.1, 0.15) is 12.0 Å². The van der Waals surface area contributed by atoms with Crippen LogP contribution in [0.3, 0.4) is 0 Å². The topological polar surface area (TPSA) is 12.0 Å². The van der Waals surface area contributed by atoms with Gasteiger partial charge >= 0.3 is 0 Å². The van der Waals surface area contributed by atoms with E-state index < -0.39 is 0 Å². The molecule has 2 heteroatoms. The van der Waals surface area contributed by atoms with Crippen molar-refractivity contribution >= 4 is 18.3 Å². The molecule has 0 spiro atoms. The maximum Gasteiger partial charge on any atom is 0.188 e. The minimum Gasteiger partial charge on any atom is -0.313 e. The fourth-order valence-corrected chi connectivity index (χ4v) is 2.23. The minimum atomic E-state index is 1.05. The van der Waals surface area contributed by atoms with Gasteiger partial charge in [0.15, 0.2) is 7.28 Å². The Kier molecular flexibility index (Phi) is 1.56. The van der Waals surface area contributed by atoms with Gasteiger partial charge in [-0.05, 0) is 24.1 Å². The molecule has 0 atom stereocenters. The third-order valence-electron chi connectivity index (χ3n) is 2.87. The van der Waals surface area contributed by atoms with Gasteiger partial charge in [-0.1, -0.05) is 35.2 Å². The molecule has 2 heterocycles. The number of benzene rings is 1. The molecule has 13 heavy (non-hydrogen) atoms. The number of rotatable bonds is 0. The zero-order chi connectivity index (χ0) is 8.67. The van der Waals surface area contributed by atoms with E-state index >= 15 is 0 Å². The lowest BCUT2D eigenvalue weighted by Crippen LogP contribution is -2.25. The molecule has 0 aromatic heterocycles. The first-order valence-corrected chi connectivity index (χ1v) is 4.82. The van der Waals surface area contributed by atoms with Gasteiger partial charge in [0.2, 0.25) is 0 Å². The average molecular weight is 168 g/mol. The first kappa shape index (κ1) is 7.39. The Labute approximate surface area is 79.1 Å².